The van der Waals surface area contributed by atoms with E-state index in [0.29, 0.717) is 5.92 Å². The third kappa shape index (κ3) is 1.20. The first-order valence-corrected chi connectivity index (χ1v) is 4.78. The molecule has 1 saturated carbocycles. The molecule has 0 unspecified atom stereocenters. The first-order chi connectivity index (χ1) is 6.15. The molecule has 4 heteroatoms. The summed E-state index contributed by atoms with van der Waals surface area (Å²) in [4.78, 5) is 24.2. The second kappa shape index (κ2) is 2.72. The second-order valence-electron chi connectivity index (χ2n) is 3.85. The van der Waals surface area contributed by atoms with E-state index in [0.717, 1.165) is 12.8 Å². The van der Waals surface area contributed by atoms with Gasteiger partial charge in [0.25, 0.3) is 5.91 Å². The molecule has 1 saturated heterocycles. The molecule has 0 radical (unpaired) electrons. The number of nitrogens with one attached hydrogen (secondary N) is 1. The van der Waals surface area contributed by atoms with Crippen LogP contribution in [0.25, 0.3) is 0 Å². The first-order valence-electron chi connectivity index (χ1n) is 4.78. The average molecular weight is 182 g/mol. The molecule has 13 heavy (non-hydrogen) atoms. The van der Waals surface area contributed by atoms with Gasteiger partial charge in [0, 0.05) is 6.04 Å². The predicted molar refractivity (Wildman–Crippen MR) is 47.0 cm³/mol. The number of imide groups is 1. The zero-order chi connectivity index (χ0) is 9.59. The van der Waals surface area contributed by atoms with Gasteiger partial charge in [-0.05, 0) is 19.3 Å². The highest BCUT2D eigenvalue weighted by molar-refractivity contribution is 6.04. The molecule has 2 fully saturated rings. The van der Waals surface area contributed by atoms with E-state index < -0.39 is 0 Å². The van der Waals surface area contributed by atoms with Gasteiger partial charge in [0.15, 0.2) is 0 Å². The van der Waals surface area contributed by atoms with Gasteiger partial charge in [0.2, 0.25) is 0 Å². The van der Waals surface area contributed by atoms with Crippen molar-refractivity contribution >= 4 is 11.9 Å². The van der Waals surface area contributed by atoms with Crippen molar-refractivity contribution in [3.8, 4) is 0 Å². The summed E-state index contributed by atoms with van der Waals surface area (Å²) in [5, 5.41) is 2.62. The molecule has 72 valence electrons. The van der Waals surface area contributed by atoms with E-state index in [-0.39, 0.29) is 24.0 Å². The summed E-state index contributed by atoms with van der Waals surface area (Å²) in [6.07, 6.45) is 2.04. The summed E-state index contributed by atoms with van der Waals surface area (Å²) in [6, 6.07) is -0.355. The van der Waals surface area contributed by atoms with Crippen LogP contribution in [-0.4, -0.2) is 28.9 Å². The van der Waals surface area contributed by atoms with Crippen molar-refractivity contribution in [1.82, 2.24) is 10.2 Å². The van der Waals surface area contributed by atoms with E-state index in [1.54, 1.807) is 6.92 Å². The van der Waals surface area contributed by atoms with Crippen LogP contribution < -0.4 is 5.32 Å². The van der Waals surface area contributed by atoms with Crippen molar-refractivity contribution in [1.29, 1.82) is 0 Å². The summed E-state index contributed by atoms with van der Waals surface area (Å²) in [7, 11) is 0. The number of hydrogen-bond donors (Lipinski definition) is 1. The summed E-state index contributed by atoms with van der Waals surface area (Å²) in [5.41, 5.74) is 0. The minimum absolute atomic E-state index is 0.0639. The normalized spacial score (nSPS) is 38.0. The summed E-state index contributed by atoms with van der Waals surface area (Å²) in [5.74, 6) is 0.478. The molecule has 0 aromatic rings. The molecule has 3 amide bonds. The zero-order valence-electron chi connectivity index (χ0n) is 7.91. The first kappa shape index (κ1) is 8.53. The minimum Gasteiger partial charge on any atom is -0.326 e. The number of carbonyl (C=O) groups excluding carboxylic acids is 2. The lowest BCUT2D eigenvalue weighted by Gasteiger charge is -2.11. The summed E-state index contributed by atoms with van der Waals surface area (Å²) >= 11 is 0. The van der Waals surface area contributed by atoms with E-state index in [2.05, 4.69) is 12.2 Å². The van der Waals surface area contributed by atoms with Crippen LogP contribution in [0, 0.1) is 5.92 Å². The van der Waals surface area contributed by atoms with Crippen molar-refractivity contribution in [2.45, 2.75) is 38.8 Å². The largest absolute Gasteiger partial charge is 0.326 e. The van der Waals surface area contributed by atoms with Crippen LogP contribution in [-0.2, 0) is 4.79 Å². The number of hydrogen-bond acceptors (Lipinski definition) is 2. The van der Waals surface area contributed by atoms with Crippen LogP contribution in [0.5, 0.6) is 0 Å². The molecule has 1 aliphatic carbocycles. The number of urea groups is 1. The predicted octanol–water partition coefficient (Wildman–Crippen LogP) is 0.725. The molecule has 1 heterocycles. The lowest BCUT2D eigenvalue weighted by molar-refractivity contribution is -0.127. The molecule has 0 aromatic carbocycles. The maximum absolute atomic E-state index is 11.5. The SMILES string of the molecule is CC[C@@H]1C[C@H]1N1C(=O)N[C@@H](C)C1=O. The van der Waals surface area contributed by atoms with Crippen LogP contribution in [0.4, 0.5) is 4.79 Å². The Balaban J connectivity index is 2.07. The molecule has 2 rings (SSSR count). The quantitative estimate of drug-likeness (QED) is 0.640. The topological polar surface area (TPSA) is 49.4 Å². The fraction of sp³-hybridized carbons (Fsp3) is 0.778. The summed E-state index contributed by atoms with van der Waals surface area (Å²) in [6.45, 7) is 3.82. The number of carbonyl (C=O) groups is 2. The standard InChI is InChI=1S/C9H14N2O2/c1-3-6-4-7(6)11-8(12)5(2)10-9(11)13/h5-7H,3-4H2,1-2H3,(H,10,13)/t5-,6+,7+/m0/s1. The number of rotatable bonds is 2. The van der Waals surface area contributed by atoms with Gasteiger partial charge in [-0.3, -0.25) is 9.69 Å². The second-order valence-corrected chi connectivity index (χ2v) is 3.85. The Morgan fingerprint density at radius 3 is 2.62 bits per heavy atom. The Hall–Kier alpha value is -1.06. The van der Waals surface area contributed by atoms with Crippen molar-refractivity contribution in [2.24, 2.45) is 5.92 Å². The van der Waals surface area contributed by atoms with Crippen LogP contribution in [0.1, 0.15) is 26.7 Å². The van der Waals surface area contributed by atoms with Gasteiger partial charge in [-0.15, -0.1) is 0 Å². The third-order valence-electron chi connectivity index (χ3n) is 2.91. The Labute approximate surface area is 77.3 Å². The molecule has 1 aliphatic heterocycles. The third-order valence-corrected chi connectivity index (χ3v) is 2.91. The molecule has 0 aromatic heterocycles. The van der Waals surface area contributed by atoms with Crippen LogP contribution in [0.2, 0.25) is 0 Å². The van der Waals surface area contributed by atoms with Crippen LogP contribution in [0.15, 0.2) is 0 Å². The smallest absolute Gasteiger partial charge is 0.325 e. The van der Waals surface area contributed by atoms with Gasteiger partial charge in [-0.2, -0.15) is 0 Å². The molecule has 4 nitrogen and oxygen atoms in total. The van der Waals surface area contributed by atoms with Gasteiger partial charge in [0.1, 0.15) is 6.04 Å². The Kier molecular flexibility index (Phi) is 1.78. The molecule has 1 N–H and O–H groups in total. The molecule has 3 atom stereocenters. The average Bonchev–Trinajstić information content (AvgIpc) is 2.79. The van der Waals surface area contributed by atoms with Crippen LogP contribution in [0.3, 0.4) is 0 Å². The van der Waals surface area contributed by atoms with E-state index in [1.165, 1.54) is 4.90 Å². The molecule has 0 bridgehead atoms. The Morgan fingerprint density at radius 2 is 2.23 bits per heavy atom. The maximum Gasteiger partial charge on any atom is 0.325 e. The summed E-state index contributed by atoms with van der Waals surface area (Å²) < 4.78 is 0. The van der Waals surface area contributed by atoms with E-state index in [1.807, 2.05) is 0 Å². The molecular weight excluding hydrogens is 168 g/mol. The Morgan fingerprint density at radius 1 is 1.54 bits per heavy atom. The van der Waals surface area contributed by atoms with E-state index in [9.17, 15) is 9.59 Å². The molecule has 2 aliphatic rings. The monoisotopic (exact) mass is 182 g/mol. The van der Waals surface area contributed by atoms with Crippen LogP contribution >= 0.6 is 0 Å². The molecular formula is C9H14N2O2. The fourth-order valence-electron chi connectivity index (χ4n) is 1.93. The Bertz CT molecular complexity index is 264. The van der Waals surface area contributed by atoms with Crippen molar-refractivity contribution in [3.63, 3.8) is 0 Å². The highest BCUT2D eigenvalue weighted by Gasteiger charge is 2.49. The van der Waals surface area contributed by atoms with Crippen molar-refractivity contribution in [3.05, 3.63) is 0 Å². The highest BCUT2D eigenvalue weighted by Crippen LogP contribution is 2.39. The molecule has 0 spiro atoms. The van der Waals surface area contributed by atoms with Crippen molar-refractivity contribution < 1.29 is 9.59 Å². The van der Waals surface area contributed by atoms with Gasteiger partial charge in [0.05, 0.1) is 0 Å². The number of amides is 3. The zero-order valence-corrected chi connectivity index (χ0v) is 7.91. The van der Waals surface area contributed by atoms with E-state index >= 15 is 0 Å². The van der Waals surface area contributed by atoms with Gasteiger partial charge < -0.3 is 5.32 Å². The lowest BCUT2D eigenvalue weighted by Crippen LogP contribution is -2.34. The van der Waals surface area contributed by atoms with E-state index in [4.69, 9.17) is 0 Å². The minimum atomic E-state index is -0.328. The van der Waals surface area contributed by atoms with Crippen molar-refractivity contribution in [2.75, 3.05) is 0 Å². The fourth-order valence-corrected chi connectivity index (χ4v) is 1.93. The lowest BCUT2D eigenvalue weighted by atomic mass is 10.3. The van der Waals surface area contributed by atoms with Gasteiger partial charge >= 0.3 is 6.03 Å². The van der Waals surface area contributed by atoms with Gasteiger partial charge in [-0.1, -0.05) is 13.3 Å². The number of nitrogens with zero attached hydrogens (tertiary/aromatic N) is 1. The van der Waals surface area contributed by atoms with Gasteiger partial charge in [-0.25, -0.2) is 4.79 Å². The highest BCUT2D eigenvalue weighted by atomic mass is 16.2. The maximum atomic E-state index is 11.5.